The normalized spacial score (nSPS) is 15.1. The Morgan fingerprint density at radius 3 is 2.38 bits per heavy atom. The number of H-pyrrole nitrogens is 1. The van der Waals surface area contributed by atoms with E-state index in [4.69, 9.17) is 4.99 Å². The van der Waals surface area contributed by atoms with Gasteiger partial charge in [0.25, 0.3) is 5.91 Å². The summed E-state index contributed by atoms with van der Waals surface area (Å²) >= 11 is 2.23. The van der Waals surface area contributed by atoms with Crippen LogP contribution in [-0.4, -0.2) is 26.9 Å². The Bertz CT molecular complexity index is 1310. The summed E-state index contributed by atoms with van der Waals surface area (Å²) in [6.07, 6.45) is 0. The van der Waals surface area contributed by atoms with E-state index in [1.54, 1.807) is 29.3 Å². The number of aliphatic imine (C=N–C) groups is 1. The van der Waals surface area contributed by atoms with Crippen molar-refractivity contribution in [3.05, 3.63) is 108 Å². The Kier molecular flexibility index (Phi) is 5.44. The van der Waals surface area contributed by atoms with E-state index < -0.39 is 0 Å². The second-order valence-electron chi connectivity index (χ2n) is 7.16. The first-order valence-electron chi connectivity index (χ1n) is 9.89. The van der Waals surface area contributed by atoms with E-state index in [2.05, 4.69) is 38.2 Å². The number of carbonyl (C=O) groups is 1. The van der Waals surface area contributed by atoms with Crippen LogP contribution in [0.5, 0.6) is 0 Å². The Labute approximate surface area is 197 Å². The number of amidine groups is 1. The van der Waals surface area contributed by atoms with E-state index >= 15 is 0 Å². The molecule has 0 spiro atoms. The van der Waals surface area contributed by atoms with Crippen LogP contribution in [0.25, 0.3) is 11.3 Å². The van der Waals surface area contributed by atoms with Gasteiger partial charge in [0, 0.05) is 16.7 Å². The number of amides is 1. The maximum absolute atomic E-state index is 13.8. The lowest BCUT2D eigenvalue weighted by molar-refractivity contribution is 0.0864. The van der Waals surface area contributed by atoms with Crippen molar-refractivity contribution < 1.29 is 9.18 Å². The number of nitrogens with one attached hydrogen (secondary N) is 2. The molecule has 1 aliphatic rings. The molecule has 1 aliphatic heterocycles. The summed E-state index contributed by atoms with van der Waals surface area (Å²) in [4.78, 5) is 17.8. The van der Waals surface area contributed by atoms with E-state index in [1.165, 1.54) is 12.1 Å². The molecular weight excluding hydrogens is 520 g/mol. The van der Waals surface area contributed by atoms with Gasteiger partial charge in [0.2, 0.25) is 0 Å². The minimum absolute atomic E-state index is 0.246. The predicted octanol–water partition coefficient (Wildman–Crippen LogP) is 5.39. The molecule has 0 bridgehead atoms. The number of aromatic nitrogens is 2. The fraction of sp³-hybridized carbons (Fsp3) is 0.0417. The van der Waals surface area contributed by atoms with Gasteiger partial charge in [-0.15, -0.1) is 0 Å². The van der Waals surface area contributed by atoms with E-state index in [9.17, 15) is 9.18 Å². The summed E-state index contributed by atoms with van der Waals surface area (Å²) in [5.41, 5.74) is 6.89. The number of aromatic amines is 1. The monoisotopic (exact) mass is 537 g/mol. The van der Waals surface area contributed by atoms with Gasteiger partial charge >= 0.3 is 0 Å². The zero-order chi connectivity index (χ0) is 22.1. The fourth-order valence-electron chi connectivity index (χ4n) is 3.53. The molecule has 0 fully saturated rings. The average Bonchev–Trinajstić information content (AvgIpc) is 3.26. The van der Waals surface area contributed by atoms with Crippen LogP contribution in [0.3, 0.4) is 0 Å². The minimum Gasteiger partial charge on any atom is -0.277 e. The fourth-order valence-corrected chi connectivity index (χ4v) is 4.36. The Hall–Kier alpha value is -3.53. The second kappa shape index (κ2) is 8.54. The predicted molar refractivity (Wildman–Crippen MR) is 129 cm³/mol. The summed E-state index contributed by atoms with van der Waals surface area (Å²) in [7, 11) is 0. The zero-order valence-corrected chi connectivity index (χ0v) is 18.8. The van der Waals surface area contributed by atoms with Gasteiger partial charge in [-0.3, -0.25) is 15.3 Å². The first-order valence-corrected chi connectivity index (χ1v) is 11.1. The Balaban J connectivity index is 1.60. The summed E-state index contributed by atoms with van der Waals surface area (Å²) in [6.45, 7) is 0. The summed E-state index contributed by atoms with van der Waals surface area (Å²) in [6, 6.07) is 24.9. The first kappa shape index (κ1) is 20.4. The van der Waals surface area contributed by atoms with Crippen molar-refractivity contribution in [3.8, 4) is 11.3 Å². The van der Waals surface area contributed by atoms with Gasteiger partial charge in [0.1, 0.15) is 21.2 Å². The standard InChI is InChI=1S/C24H17FIN5O/c25-18-13-7-12-17(14-18)19-20-21(29-28-19)22(26)31(23(27-20)15-8-3-1-4-9-15)30-24(32)16-10-5-2-6-11-16/h1-14,22H,(H,28,29)(H,30,32). The second-order valence-corrected chi connectivity index (χ2v) is 8.34. The third kappa shape index (κ3) is 3.77. The molecule has 0 saturated heterocycles. The lowest BCUT2D eigenvalue weighted by Gasteiger charge is -2.33. The van der Waals surface area contributed by atoms with Gasteiger partial charge in [-0.1, -0.05) is 60.7 Å². The number of carbonyl (C=O) groups excluding carboxylic acids is 1. The highest BCUT2D eigenvalue weighted by atomic mass is 127. The molecule has 0 aliphatic carbocycles. The highest BCUT2D eigenvalue weighted by Crippen LogP contribution is 2.43. The molecule has 0 saturated carbocycles. The number of halogens is 2. The van der Waals surface area contributed by atoms with Crippen LogP contribution in [0, 0.1) is 5.82 Å². The van der Waals surface area contributed by atoms with E-state index in [1.807, 2.05) is 48.5 Å². The molecule has 1 atom stereocenters. The molecule has 158 valence electrons. The molecule has 1 aromatic heterocycles. The van der Waals surface area contributed by atoms with Gasteiger partial charge in [-0.2, -0.15) is 5.10 Å². The van der Waals surface area contributed by atoms with Gasteiger partial charge in [-0.05, 0) is 46.9 Å². The molecule has 8 heteroatoms. The van der Waals surface area contributed by atoms with E-state index in [0.29, 0.717) is 28.3 Å². The smallest absolute Gasteiger partial charge is 0.269 e. The topological polar surface area (TPSA) is 73.4 Å². The lowest BCUT2D eigenvalue weighted by Crippen LogP contribution is -2.48. The molecule has 3 aromatic carbocycles. The quantitative estimate of drug-likeness (QED) is 0.209. The van der Waals surface area contributed by atoms with Gasteiger partial charge in [0.05, 0.1) is 5.69 Å². The number of hydrazine groups is 1. The summed E-state index contributed by atoms with van der Waals surface area (Å²) in [5, 5.41) is 9.17. The van der Waals surface area contributed by atoms with Crippen molar-refractivity contribution >= 4 is 40.0 Å². The summed E-state index contributed by atoms with van der Waals surface area (Å²) in [5.74, 6) is -0.0184. The van der Waals surface area contributed by atoms with Crippen LogP contribution in [-0.2, 0) is 0 Å². The number of alkyl halides is 1. The molecule has 6 nitrogen and oxygen atoms in total. The lowest BCUT2D eigenvalue weighted by atomic mass is 10.1. The van der Waals surface area contributed by atoms with E-state index in [0.717, 1.165) is 11.3 Å². The van der Waals surface area contributed by atoms with Gasteiger partial charge in [-0.25, -0.2) is 14.4 Å². The van der Waals surface area contributed by atoms with Crippen LogP contribution < -0.4 is 5.43 Å². The van der Waals surface area contributed by atoms with Gasteiger partial charge in [0.15, 0.2) is 5.84 Å². The SMILES string of the molecule is O=C(NN1C(c2ccccc2)=Nc2c(-c3cccc(F)c3)n[nH]c2C1I)c1ccccc1. The molecule has 5 rings (SSSR count). The molecule has 4 aromatic rings. The summed E-state index contributed by atoms with van der Waals surface area (Å²) < 4.78 is 13.5. The van der Waals surface area contributed by atoms with Crippen LogP contribution in [0.15, 0.2) is 89.9 Å². The number of benzene rings is 3. The van der Waals surface area contributed by atoms with Crippen molar-refractivity contribution in [2.75, 3.05) is 0 Å². The Morgan fingerprint density at radius 2 is 1.66 bits per heavy atom. The number of fused-ring (bicyclic) bond motifs is 1. The highest BCUT2D eigenvalue weighted by Gasteiger charge is 2.34. The number of nitrogens with zero attached hydrogens (tertiary/aromatic N) is 3. The number of hydrogen-bond acceptors (Lipinski definition) is 4. The maximum atomic E-state index is 13.8. The maximum Gasteiger partial charge on any atom is 0.269 e. The van der Waals surface area contributed by atoms with Gasteiger partial charge < -0.3 is 0 Å². The van der Waals surface area contributed by atoms with Crippen molar-refractivity contribution in [2.24, 2.45) is 4.99 Å². The van der Waals surface area contributed by atoms with E-state index in [-0.39, 0.29) is 15.8 Å². The zero-order valence-electron chi connectivity index (χ0n) is 16.7. The largest absolute Gasteiger partial charge is 0.277 e. The molecule has 2 N–H and O–H groups in total. The minimum atomic E-state index is -0.343. The molecule has 32 heavy (non-hydrogen) atoms. The van der Waals surface area contributed by atoms with Crippen LogP contribution in [0.2, 0.25) is 0 Å². The molecule has 2 heterocycles. The van der Waals surface area contributed by atoms with Crippen LogP contribution >= 0.6 is 22.6 Å². The highest BCUT2D eigenvalue weighted by molar-refractivity contribution is 14.1. The number of hydrogen-bond donors (Lipinski definition) is 2. The van der Waals surface area contributed by atoms with Crippen LogP contribution in [0.4, 0.5) is 10.1 Å². The third-order valence-corrected chi connectivity index (χ3v) is 6.25. The van der Waals surface area contributed by atoms with Crippen molar-refractivity contribution in [1.82, 2.24) is 20.6 Å². The van der Waals surface area contributed by atoms with Crippen molar-refractivity contribution in [2.45, 2.75) is 4.05 Å². The average molecular weight is 537 g/mol. The molecule has 1 unspecified atom stereocenters. The van der Waals surface area contributed by atoms with Crippen molar-refractivity contribution in [3.63, 3.8) is 0 Å². The third-order valence-electron chi connectivity index (χ3n) is 5.07. The Morgan fingerprint density at radius 1 is 0.969 bits per heavy atom. The molecule has 1 amide bonds. The van der Waals surface area contributed by atoms with Crippen molar-refractivity contribution in [1.29, 1.82) is 0 Å². The molecular formula is C24H17FIN5O. The molecule has 0 radical (unpaired) electrons. The number of rotatable bonds is 4. The van der Waals surface area contributed by atoms with Crippen LogP contribution in [0.1, 0.15) is 25.7 Å². The first-order chi connectivity index (χ1) is 15.6.